The van der Waals surface area contributed by atoms with Gasteiger partial charge in [0.25, 0.3) is 11.8 Å². The number of barbiturate groups is 1. The minimum atomic E-state index is -0.808. The lowest BCUT2D eigenvalue weighted by Gasteiger charge is -2.15. The number of carbonyl (C=O) groups is 3. The summed E-state index contributed by atoms with van der Waals surface area (Å²) in [6, 6.07) is 6.35. The Morgan fingerprint density at radius 2 is 1.70 bits per heavy atom. The summed E-state index contributed by atoms with van der Waals surface area (Å²) in [5.41, 5.74) is 0.504. The zero-order valence-electron chi connectivity index (χ0n) is 13.1. The Morgan fingerprint density at radius 1 is 1.00 bits per heavy atom. The van der Waals surface area contributed by atoms with Gasteiger partial charge in [-0.3, -0.25) is 20.2 Å². The number of nitrogens with one attached hydrogen (secondary N) is 2. The van der Waals surface area contributed by atoms with E-state index in [2.05, 4.69) is 6.92 Å². The quantitative estimate of drug-likeness (QED) is 0.459. The molecular weight excluding hydrogens is 296 g/mol. The van der Waals surface area contributed by atoms with Crippen LogP contribution in [0.1, 0.15) is 38.2 Å². The highest BCUT2D eigenvalue weighted by molar-refractivity contribution is 6.31. The van der Waals surface area contributed by atoms with Crippen molar-refractivity contribution in [2.24, 2.45) is 0 Å². The molecule has 0 aliphatic carbocycles. The smallest absolute Gasteiger partial charge is 0.328 e. The van der Waals surface area contributed by atoms with E-state index >= 15 is 0 Å². The first-order valence-electron chi connectivity index (χ1n) is 7.72. The van der Waals surface area contributed by atoms with E-state index in [4.69, 9.17) is 4.74 Å². The van der Waals surface area contributed by atoms with Crippen molar-refractivity contribution in [1.82, 2.24) is 10.6 Å². The molecule has 122 valence electrons. The molecule has 4 amide bonds. The third-order valence-electron chi connectivity index (χ3n) is 3.42. The molecule has 0 saturated carbocycles. The number of urea groups is 1. The molecule has 6 nitrogen and oxygen atoms in total. The Kier molecular flexibility index (Phi) is 5.91. The van der Waals surface area contributed by atoms with Crippen LogP contribution in [0.4, 0.5) is 4.79 Å². The summed E-state index contributed by atoms with van der Waals surface area (Å²) in [6.45, 7) is 2.73. The van der Waals surface area contributed by atoms with Crippen molar-refractivity contribution in [1.29, 1.82) is 0 Å². The minimum Gasteiger partial charge on any atom is -0.493 e. The number of imide groups is 2. The van der Waals surface area contributed by atoms with Crippen LogP contribution in [0.5, 0.6) is 5.75 Å². The summed E-state index contributed by atoms with van der Waals surface area (Å²) in [6.07, 6.45) is 5.81. The van der Waals surface area contributed by atoms with Crippen LogP contribution in [0.2, 0.25) is 0 Å². The number of amides is 4. The van der Waals surface area contributed by atoms with E-state index in [0.717, 1.165) is 19.3 Å². The number of benzene rings is 1. The number of hydrogen-bond donors (Lipinski definition) is 2. The Balaban J connectivity index is 2.10. The number of rotatable bonds is 7. The van der Waals surface area contributed by atoms with Crippen LogP contribution in [-0.4, -0.2) is 24.5 Å². The summed E-state index contributed by atoms with van der Waals surface area (Å²) in [4.78, 5) is 34.6. The number of unbranched alkanes of at least 4 members (excludes halogenated alkanes) is 3. The fraction of sp³-hybridized carbons (Fsp3) is 0.353. The van der Waals surface area contributed by atoms with E-state index in [1.54, 1.807) is 18.2 Å². The van der Waals surface area contributed by atoms with Gasteiger partial charge in [-0.05, 0) is 18.6 Å². The molecule has 23 heavy (non-hydrogen) atoms. The van der Waals surface area contributed by atoms with Gasteiger partial charge in [0, 0.05) is 5.56 Å². The van der Waals surface area contributed by atoms with Gasteiger partial charge in [0.15, 0.2) is 0 Å². The molecule has 1 aromatic rings. The molecule has 0 aromatic heterocycles. The Labute approximate surface area is 134 Å². The van der Waals surface area contributed by atoms with Crippen molar-refractivity contribution < 1.29 is 19.1 Å². The van der Waals surface area contributed by atoms with Gasteiger partial charge in [0.05, 0.1) is 6.61 Å². The third-order valence-corrected chi connectivity index (χ3v) is 3.42. The van der Waals surface area contributed by atoms with Crippen molar-refractivity contribution in [3.63, 3.8) is 0 Å². The van der Waals surface area contributed by atoms with E-state index < -0.39 is 17.8 Å². The van der Waals surface area contributed by atoms with Gasteiger partial charge in [-0.15, -0.1) is 0 Å². The van der Waals surface area contributed by atoms with E-state index in [1.165, 1.54) is 12.5 Å². The first kappa shape index (κ1) is 16.7. The van der Waals surface area contributed by atoms with Crippen molar-refractivity contribution in [2.45, 2.75) is 32.6 Å². The predicted octanol–water partition coefficient (Wildman–Crippen LogP) is 2.40. The number of carbonyl (C=O) groups excluding carboxylic acids is 3. The van der Waals surface area contributed by atoms with E-state index in [0.29, 0.717) is 17.9 Å². The lowest BCUT2D eigenvalue weighted by atomic mass is 10.1. The maximum absolute atomic E-state index is 11.8. The largest absolute Gasteiger partial charge is 0.493 e. The normalized spacial score (nSPS) is 14.3. The van der Waals surface area contributed by atoms with Crippen molar-refractivity contribution in [2.75, 3.05) is 6.61 Å². The maximum atomic E-state index is 11.8. The molecule has 1 aliphatic rings. The number of ether oxygens (including phenoxy) is 1. The Hall–Kier alpha value is -2.63. The fourth-order valence-electron chi connectivity index (χ4n) is 2.20. The van der Waals surface area contributed by atoms with E-state index in [1.807, 2.05) is 16.7 Å². The second-order valence-electron chi connectivity index (χ2n) is 5.24. The molecule has 0 unspecified atom stereocenters. The topological polar surface area (TPSA) is 84.5 Å². The first-order chi connectivity index (χ1) is 11.1. The van der Waals surface area contributed by atoms with Gasteiger partial charge in [0.2, 0.25) is 0 Å². The third kappa shape index (κ3) is 4.67. The Morgan fingerprint density at radius 3 is 2.39 bits per heavy atom. The molecule has 1 aromatic carbocycles. The van der Waals surface area contributed by atoms with Crippen molar-refractivity contribution in [3.8, 4) is 5.75 Å². The molecule has 1 heterocycles. The molecular formula is C17H20N2O4. The average molecular weight is 316 g/mol. The molecule has 0 atom stereocenters. The van der Waals surface area contributed by atoms with Crippen molar-refractivity contribution >= 4 is 23.9 Å². The molecule has 2 N–H and O–H groups in total. The number of para-hydroxylation sites is 1. The molecule has 1 fully saturated rings. The van der Waals surface area contributed by atoms with Crippen LogP contribution in [-0.2, 0) is 9.59 Å². The van der Waals surface area contributed by atoms with E-state index in [9.17, 15) is 14.4 Å². The van der Waals surface area contributed by atoms with Crippen LogP contribution in [0, 0.1) is 0 Å². The molecule has 6 heteroatoms. The van der Waals surface area contributed by atoms with Gasteiger partial charge >= 0.3 is 6.03 Å². The molecule has 1 saturated heterocycles. The monoisotopic (exact) mass is 316 g/mol. The number of hydrogen-bond acceptors (Lipinski definition) is 4. The zero-order valence-corrected chi connectivity index (χ0v) is 13.1. The van der Waals surface area contributed by atoms with Crippen LogP contribution in [0.15, 0.2) is 29.8 Å². The highest BCUT2D eigenvalue weighted by Gasteiger charge is 2.27. The summed E-state index contributed by atoms with van der Waals surface area (Å²) in [5.74, 6) is -0.818. The lowest BCUT2D eigenvalue weighted by Crippen LogP contribution is -2.51. The first-order valence-corrected chi connectivity index (χ1v) is 7.72. The Bertz CT molecular complexity index is 615. The average Bonchev–Trinajstić information content (AvgIpc) is 2.52. The van der Waals surface area contributed by atoms with Gasteiger partial charge in [-0.1, -0.05) is 44.4 Å². The minimum absolute atomic E-state index is 0.119. The van der Waals surface area contributed by atoms with Gasteiger partial charge in [0.1, 0.15) is 11.3 Å². The van der Waals surface area contributed by atoms with Crippen LogP contribution in [0.3, 0.4) is 0 Å². The van der Waals surface area contributed by atoms with Crippen LogP contribution < -0.4 is 15.4 Å². The highest BCUT2D eigenvalue weighted by atomic mass is 16.5. The summed E-state index contributed by atoms with van der Waals surface area (Å²) >= 11 is 0. The highest BCUT2D eigenvalue weighted by Crippen LogP contribution is 2.22. The van der Waals surface area contributed by atoms with Crippen LogP contribution >= 0.6 is 0 Å². The summed E-state index contributed by atoms with van der Waals surface area (Å²) in [5, 5.41) is 4.09. The standard InChI is InChI=1S/C17H20N2O4/c1-2-3-4-7-10-23-14-9-6-5-8-12(14)11-13-15(20)18-17(22)19-16(13)21/h5-6,8-9,11H,2-4,7,10H2,1H3,(H2,18,19,20,21,22). The second-order valence-corrected chi connectivity index (χ2v) is 5.24. The SMILES string of the molecule is CCCCCCOc1ccccc1C=C1C(=O)NC(=O)NC1=O. The van der Waals surface area contributed by atoms with Crippen molar-refractivity contribution in [3.05, 3.63) is 35.4 Å². The molecule has 0 spiro atoms. The van der Waals surface area contributed by atoms with Crippen LogP contribution in [0.25, 0.3) is 6.08 Å². The fourth-order valence-corrected chi connectivity index (χ4v) is 2.20. The maximum Gasteiger partial charge on any atom is 0.328 e. The molecule has 0 bridgehead atoms. The zero-order chi connectivity index (χ0) is 16.7. The van der Waals surface area contributed by atoms with Gasteiger partial charge in [-0.25, -0.2) is 4.79 Å². The van der Waals surface area contributed by atoms with Gasteiger partial charge in [-0.2, -0.15) is 0 Å². The summed E-state index contributed by atoms with van der Waals surface area (Å²) < 4.78 is 5.74. The lowest BCUT2D eigenvalue weighted by molar-refractivity contribution is -0.123. The van der Waals surface area contributed by atoms with Gasteiger partial charge < -0.3 is 4.74 Å². The predicted molar refractivity (Wildman–Crippen MR) is 85.7 cm³/mol. The molecule has 2 rings (SSSR count). The molecule has 1 aliphatic heterocycles. The van der Waals surface area contributed by atoms with E-state index in [-0.39, 0.29) is 5.57 Å². The molecule has 0 radical (unpaired) electrons. The second kappa shape index (κ2) is 8.12. The summed E-state index contributed by atoms with van der Waals surface area (Å²) in [7, 11) is 0.